The van der Waals surface area contributed by atoms with E-state index in [1.807, 2.05) is 33.3 Å². The molecule has 0 saturated heterocycles. The van der Waals surface area contributed by atoms with E-state index in [9.17, 15) is 0 Å². The molecule has 2 N–H and O–H groups in total. The molecule has 0 amide bonds. The number of aryl methyl sites for hydroxylation is 1. The number of imidazole rings is 1. The Kier molecular flexibility index (Phi) is 4.71. The Morgan fingerprint density at radius 1 is 1.59 bits per heavy atom. The predicted molar refractivity (Wildman–Crippen MR) is 68.2 cm³/mol. The Bertz CT molecular complexity index is 384. The second-order valence-corrected chi connectivity index (χ2v) is 5.38. The van der Waals surface area contributed by atoms with Gasteiger partial charge in [0.05, 0.1) is 23.5 Å². The van der Waals surface area contributed by atoms with Crippen molar-refractivity contribution in [1.29, 1.82) is 5.26 Å². The standard InChI is InChI=1S/C13H22N4/c1-11(15)7-12-8-17(10-16-12)6-4-5-13(2,3)9-14/h8,10-11H,4-7,15H2,1-3H3. The Labute approximate surface area is 103 Å². The lowest BCUT2D eigenvalue weighted by molar-refractivity contribution is 0.415. The van der Waals surface area contributed by atoms with E-state index in [2.05, 4.69) is 15.6 Å². The fraction of sp³-hybridized carbons (Fsp3) is 0.692. The van der Waals surface area contributed by atoms with Crippen molar-refractivity contribution in [2.24, 2.45) is 11.1 Å². The van der Waals surface area contributed by atoms with Gasteiger partial charge in [0, 0.05) is 25.2 Å². The van der Waals surface area contributed by atoms with Crippen molar-refractivity contribution in [3.05, 3.63) is 18.2 Å². The highest BCUT2D eigenvalue weighted by molar-refractivity contribution is 4.99. The maximum Gasteiger partial charge on any atom is 0.0949 e. The van der Waals surface area contributed by atoms with Crippen LogP contribution in [0.25, 0.3) is 0 Å². The quantitative estimate of drug-likeness (QED) is 0.819. The number of nitrogens with two attached hydrogens (primary N) is 1. The summed E-state index contributed by atoms with van der Waals surface area (Å²) in [5, 5.41) is 8.91. The summed E-state index contributed by atoms with van der Waals surface area (Å²) in [4.78, 5) is 4.31. The fourth-order valence-corrected chi connectivity index (χ4v) is 1.72. The van der Waals surface area contributed by atoms with Crippen LogP contribution in [0.3, 0.4) is 0 Å². The molecule has 0 fully saturated rings. The van der Waals surface area contributed by atoms with Crippen molar-refractivity contribution in [3.63, 3.8) is 0 Å². The summed E-state index contributed by atoms with van der Waals surface area (Å²) in [6, 6.07) is 2.47. The summed E-state index contributed by atoms with van der Waals surface area (Å²) in [5.41, 5.74) is 6.54. The number of nitriles is 1. The van der Waals surface area contributed by atoms with Crippen molar-refractivity contribution in [2.45, 2.75) is 52.6 Å². The monoisotopic (exact) mass is 234 g/mol. The van der Waals surface area contributed by atoms with Gasteiger partial charge in [0.2, 0.25) is 0 Å². The van der Waals surface area contributed by atoms with E-state index >= 15 is 0 Å². The zero-order valence-electron chi connectivity index (χ0n) is 11.0. The summed E-state index contributed by atoms with van der Waals surface area (Å²) in [5.74, 6) is 0. The summed E-state index contributed by atoms with van der Waals surface area (Å²) in [6.45, 7) is 6.84. The van der Waals surface area contributed by atoms with Gasteiger partial charge in [0.25, 0.3) is 0 Å². The average Bonchev–Trinajstić information content (AvgIpc) is 2.64. The Balaban J connectivity index is 2.38. The smallest absolute Gasteiger partial charge is 0.0949 e. The zero-order chi connectivity index (χ0) is 12.9. The third-order valence-electron chi connectivity index (χ3n) is 2.74. The highest BCUT2D eigenvalue weighted by atomic mass is 15.0. The van der Waals surface area contributed by atoms with Gasteiger partial charge < -0.3 is 10.3 Å². The average molecular weight is 234 g/mol. The molecule has 1 aromatic heterocycles. The number of aromatic nitrogens is 2. The largest absolute Gasteiger partial charge is 0.337 e. The van der Waals surface area contributed by atoms with Crippen LogP contribution in [0.1, 0.15) is 39.3 Å². The van der Waals surface area contributed by atoms with Crippen molar-refractivity contribution in [1.82, 2.24) is 9.55 Å². The van der Waals surface area contributed by atoms with Gasteiger partial charge in [0.1, 0.15) is 0 Å². The molecule has 17 heavy (non-hydrogen) atoms. The van der Waals surface area contributed by atoms with Crippen LogP contribution in [0.15, 0.2) is 12.5 Å². The van der Waals surface area contributed by atoms with Crippen LogP contribution in [0.4, 0.5) is 0 Å². The molecule has 0 radical (unpaired) electrons. The van der Waals surface area contributed by atoms with Gasteiger partial charge in [-0.05, 0) is 33.6 Å². The van der Waals surface area contributed by atoms with Crippen LogP contribution in [0.2, 0.25) is 0 Å². The van der Waals surface area contributed by atoms with Gasteiger partial charge in [-0.3, -0.25) is 0 Å². The van der Waals surface area contributed by atoms with E-state index in [0.717, 1.165) is 31.5 Å². The van der Waals surface area contributed by atoms with E-state index in [4.69, 9.17) is 11.0 Å². The Hall–Kier alpha value is -1.34. The van der Waals surface area contributed by atoms with Gasteiger partial charge in [-0.1, -0.05) is 0 Å². The van der Waals surface area contributed by atoms with Gasteiger partial charge in [-0.15, -0.1) is 0 Å². The lowest BCUT2D eigenvalue weighted by Gasteiger charge is -2.14. The normalized spacial score (nSPS) is 13.4. The molecule has 94 valence electrons. The first-order chi connectivity index (χ1) is 7.93. The highest BCUT2D eigenvalue weighted by Crippen LogP contribution is 2.20. The first-order valence-corrected chi connectivity index (χ1v) is 6.10. The van der Waals surface area contributed by atoms with E-state index in [1.54, 1.807) is 0 Å². The maximum absolute atomic E-state index is 8.91. The molecular formula is C13H22N4. The molecule has 0 spiro atoms. The van der Waals surface area contributed by atoms with Gasteiger partial charge in [-0.25, -0.2) is 4.98 Å². The third kappa shape index (κ3) is 5.01. The number of rotatable bonds is 6. The van der Waals surface area contributed by atoms with Gasteiger partial charge in [0.15, 0.2) is 0 Å². The van der Waals surface area contributed by atoms with Crippen LogP contribution in [-0.2, 0) is 13.0 Å². The molecule has 1 heterocycles. The summed E-state index contributed by atoms with van der Waals surface area (Å²) in [6.07, 6.45) is 6.61. The topological polar surface area (TPSA) is 67.6 Å². The van der Waals surface area contributed by atoms with Crippen LogP contribution in [0, 0.1) is 16.7 Å². The minimum absolute atomic E-state index is 0.149. The molecule has 0 aliphatic rings. The third-order valence-corrected chi connectivity index (χ3v) is 2.74. The van der Waals surface area contributed by atoms with E-state index in [-0.39, 0.29) is 11.5 Å². The maximum atomic E-state index is 8.91. The molecule has 4 nitrogen and oxygen atoms in total. The number of hydrogen-bond donors (Lipinski definition) is 1. The van der Waals surface area contributed by atoms with Crippen LogP contribution in [-0.4, -0.2) is 15.6 Å². The van der Waals surface area contributed by atoms with E-state index in [1.165, 1.54) is 0 Å². The molecule has 1 unspecified atom stereocenters. The van der Waals surface area contributed by atoms with Crippen molar-refractivity contribution in [3.8, 4) is 6.07 Å². The molecule has 0 aliphatic carbocycles. The molecule has 0 bridgehead atoms. The minimum Gasteiger partial charge on any atom is -0.337 e. The first kappa shape index (κ1) is 13.7. The molecular weight excluding hydrogens is 212 g/mol. The Morgan fingerprint density at radius 3 is 2.88 bits per heavy atom. The summed E-state index contributed by atoms with van der Waals surface area (Å²) < 4.78 is 2.07. The van der Waals surface area contributed by atoms with Crippen molar-refractivity contribution >= 4 is 0 Å². The van der Waals surface area contributed by atoms with E-state index < -0.39 is 0 Å². The Morgan fingerprint density at radius 2 is 2.29 bits per heavy atom. The molecule has 0 aromatic carbocycles. The first-order valence-electron chi connectivity index (χ1n) is 6.10. The predicted octanol–water partition coefficient (Wildman–Crippen LogP) is 2.10. The molecule has 0 aliphatic heterocycles. The molecule has 1 atom stereocenters. The van der Waals surface area contributed by atoms with Gasteiger partial charge >= 0.3 is 0 Å². The molecule has 0 saturated carbocycles. The molecule has 1 aromatic rings. The van der Waals surface area contributed by atoms with Crippen LogP contribution >= 0.6 is 0 Å². The molecule has 1 rings (SSSR count). The highest BCUT2D eigenvalue weighted by Gasteiger charge is 2.15. The lowest BCUT2D eigenvalue weighted by Crippen LogP contribution is -2.17. The number of nitrogens with zero attached hydrogens (tertiary/aromatic N) is 3. The number of hydrogen-bond acceptors (Lipinski definition) is 3. The second kappa shape index (κ2) is 5.83. The molecule has 4 heteroatoms. The minimum atomic E-state index is -0.227. The lowest BCUT2D eigenvalue weighted by atomic mass is 9.90. The van der Waals surface area contributed by atoms with Crippen LogP contribution < -0.4 is 5.73 Å². The second-order valence-electron chi connectivity index (χ2n) is 5.38. The van der Waals surface area contributed by atoms with Crippen molar-refractivity contribution < 1.29 is 0 Å². The SMILES string of the molecule is CC(N)Cc1cn(CCCC(C)(C)C#N)cn1. The summed E-state index contributed by atoms with van der Waals surface area (Å²) >= 11 is 0. The summed E-state index contributed by atoms with van der Waals surface area (Å²) in [7, 11) is 0. The fourth-order valence-electron chi connectivity index (χ4n) is 1.72. The zero-order valence-corrected chi connectivity index (χ0v) is 11.0. The van der Waals surface area contributed by atoms with Crippen molar-refractivity contribution in [2.75, 3.05) is 0 Å². The van der Waals surface area contributed by atoms with Gasteiger partial charge in [-0.2, -0.15) is 5.26 Å². The van der Waals surface area contributed by atoms with Crippen LogP contribution in [0.5, 0.6) is 0 Å². The van der Waals surface area contributed by atoms with E-state index in [0.29, 0.717) is 0 Å².